The van der Waals surface area contributed by atoms with Crippen molar-refractivity contribution in [1.82, 2.24) is 0 Å². The highest BCUT2D eigenvalue weighted by Crippen LogP contribution is 2.68. The van der Waals surface area contributed by atoms with Crippen molar-refractivity contribution in [1.29, 1.82) is 0 Å². The average molecular weight is 181 g/mol. The first-order valence-electron chi connectivity index (χ1n) is 5.10. The Morgan fingerprint density at radius 3 is 2.15 bits per heavy atom. The van der Waals surface area contributed by atoms with Gasteiger partial charge < -0.3 is 0 Å². The van der Waals surface area contributed by atoms with Gasteiger partial charge in [0.2, 0.25) is 0 Å². The summed E-state index contributed by atoms with van der Waals surface area (Å²) in [6.07, 6.45) is 3.10. The summed E-state index contributed by atoms with van der Waals surface area (Å²) in [7, 11) is 0. The molecule has 2 rings (SSSR count). The zero-order valence-electron chi connectivity index (χ0n) is 8.59. The molecule has 2 heteroatoms. The van der Waals surface area contributed by atoms with E-state index in [4.69, 9.17) is 0 Å². The fourth-order valence-corrected chi connectivity index (χ4v) is 3.56. The van der Waals surface area contributed by atoms with Gasteiger partial charge in [-0.1, -0.05) is 20.8 Å². The van der Waals surface area contributed by atoms with Crippen LogP contribution in [0.1, 0.15) is 40.0 Å². The maximum Gasteiger partial charge on any atom is 0.359 e. The average Bonchev–Trinajstić information content (AvgIpc) is 2.34. The molecular weight excluding hydrogens is 164 g/mol. The second-order valence-electron chi connectivity index (χ2n) is 5.48. The quantitative estimate of drug-likeness (QED) is 0.612. The third-order valence-electron chi connectivity index (χ3n) is 5.08. The summed E-state index contributed by atoms with van der Waals surface area (Å²) < 4.78 is 0. The van der Waals surface area contributed by atoms with Gasteiger partial charge in [0.1, 0.15) is 0 Å². The van der Waals surface area contributed by atoms with Crippen LogP contribution in [0.3, 0.4) is 0 Å². The minimum absolute atomic E-state index is 0.0174. The van der Waals surface area contributed by atoms with E-state index in [9.17, 15) is 9.90 Å². The highest BCUT2D eigenvalue weighted by Gasteiger charge is 2.63. The summed E-state index contributed by atoms with van der Waals surface area (Å²) in [6.45, 7) is 6.56. The van der Waals surface area contributed by atoms with E-state index in [-0.39, 0.29) is 16.7 Å². The lowest BCUT2D eigenvalue weighted by molar-refractivity contribution is -0.153. The summed E-state index contributed by atoms with van der Waals surface area (Å²) in [5.74, 6) is -0.445. The van der Waals surface area contributed by atoms with Crippen LogP contribution in [0.15, 0.2) is 0 Å². The van der Waals surface area contributed by atoms with Crippen LogP contribution in [0, 0.1) is 22.7 Å². The largest absolute Gasteiger partial charge is 0.359 e. The molecular formula is C11H17O2. The van der Waals surface area contributed by atoms with Gasteiger partial charge in [-0.25, -0.2) is 9.90 Å². The van der Waals surface area contributed by atoms with Crippen molar-refractivity contribution in [3.8, 4) is 0 Å². The van der Waals surface area contributed by atoms with Crippen LogP contribution < -0.4 is 0 Å². The molecule has 3 atom stereocenters. The molecule has 0 aromatic carbocycles. The monoisotopic (exact) mass is 181 g/mol. The van der Waals surface area contributed by atoms with Crippen LogP contribution in [0.4, 0.5) is 0 Å². The van der Waals surface area contributed by atoms with E-state index < -0.39 is 5.97 Å². The first-order valence-corrected chi connectivity index (χ1v) is 5.10. The second-order valence-corrected chi connectivity index (χ2v) is 5.48. The van der Waals surface area contributed by atoms with Gasteiger partial charge in [0.25, 0.3) is 0 Å². The molecule has 73 valence electrons. The van der Waals surface area contributed by atoms with Crippen molar-refractivity contribution in [3.63, 3.8) is 0 Å². The lowest BCUT2D eigenvalue weighted by Gasteiger charge is -2.36. The molecule has 0 amide bonds. The maximum absolute atomic E-state index is 11.0. The standard InChI is InChI=1S/C11H17O2/c1-10(2)7-4-5-11(10,3)8(6-7)9(12)13/h7-8H,4-6H2,1-3H3. The number of carbonyl (C=O) groups is 1. The van der Waals surface area contributed by atoms with Crippen molar-refractivity contribution >= 4 is 5.97 Å². The van der Waals surface area contributed by atoms with Crippen LogP contribution in [0.25, 0.3) is 0 Å². The second kappa shape index (κ2) is 2.28. The van der Waals surface area contributed by atoms with Crippen LogP contribution in [0.5, 0.6) is 0 Å². The highest BCUT2D eigenvalue weighted by molar-refractivity contribution is 5.71. The molecule has 0 aromatic heterocycles. The minimum Gasteiger partial charge on any atom is -0.247 e. The van der Waals surface area contributed by atoms with Crippen LogP contribution in [-0.4, -0.2) is 5.97 Å². The van der Waals surface area contributed by atoms with Gasteiger partial charge >= 0.3 is 5.97 Å². The Labute approximate surface area is 79.3 Å². The third kappa shape index (κ3) is 0.866. The molecule has 0 heterocycles. The molecule has 0 N–H and O–H groups in total. The molecule has 0 aliphatic heterocycles. The van der Waals surface area contributed by atoms with Crippen LogP contribution in [-0.2, 0) is 9.90 Å². The van der Waals surface area contributed by atoms with Crippen molar-refractivity contribution in [2.24, 2.45) is 22.7 Å². The molecule has 2 aliphatic rings. The van der Waals surface area contributed by atoms with E-state index in [1.165, 1.54) is 6.42 Å². The van der Waals surface area contributed by atoms with E-state index in [1.807, 2.05) is 0 Å². The summed E-state index contributed by atoms with van der Waals surface area (Å²) in [5, 5.41) is 11.0. The van der Waals surface area contributed by atoms with Crippen molar-refractivity contribution in [2.75, 3.05) is 0 Å². The van der Waals surface area contributed by atoms with E-state index in [2.05, 4.69) is 20.8 Å². The Morgan fingerprint density at radius 1 is 1.31 bits per heavy atom. The molecule has 0 spiro atoms. The lowest BCUT2D eigenvalue weighted by Crippen LogP contribution is -2.35. The summed E-state index contributed by atoms with van der Waals surface area (Å²) in [6, 6.07) is 0. The molecule has 2 saturated carbocycles. The van der Waals surface area contributed by atoms with E-state index >= 15 is 0 Å². The topological polar surface area (TPSA) is 37.0 Å². The molecule has 2 fully saturated rings. The molecule has 0 aromatic rings. The zero-order chi connectivity index (χ0) is 9.85. The number of hydrogen-bond acceptors (Lipinski definition) is 1. The Bertz CT molecular complexity index is 257. The molecule has 3 unspecified atom stereocenters. The third-order valence-corrected chi connectivity index (χ3v) is 5.08. The van der Waals surface area contributed by atoms with Gasteiger partial charge in [-0.15, -0.1) is 0 Å². The SMILES string of the molecule is CC1(C)C2CCC1(C)C(C([O])=O)C2. The first-order chi connectivity index (χ1) is 5.89. The van der Waals surface area contributed by atoms with Gasteiger partial charge in [-0.05, 0) is 36.0 Å². The van der Waals surface area contributed by atoms with Gasteiger partial charge in [-0.3, -0.25) is 0 Å². The highest BCUT2D eigenvalue weighted by atomic mass is 16.4. The predicted molar refractivity (Wildman–Crippen MR) is 48.4 cm³/mol. The molecule has 2 bridgehead atoms. The lowest BCUT2D eigenvalue weighted by atomic mass is 9.67. The number of fused-ring (bicyclic) bond motifs is 2. The molecule has 1 radical (unpaired) electrons. The predicted octanol–water partition coefficient (Wildman–Crippen LogP) is 2.41. The minimum atomic E-state index is -0.835. The van der Waals surface area contributed by atoms with Crippen LogP contribution in [0.2, 0.25) is 0 Å². The van der Waals surface area contributed by atoms with Crippen molar-refractivity contribution in [2.45, 2.75) is 40.0 Å². The summed E-state index contributed by atoms with van der Waals surface area (Å²) >= 11 is 0. The number of carbonyl (C=O) groups excluding carboxylic acids is 1. The Hall–Kier alpha value is -0.530. The van der Waals surface area contributed by atoms with Crippen molar-refractivity contribution in [3.05, 3.63) is 0 Å². The normalized spacial score (nSPS) is 46.7. The molecule has 0 saturated heterocycles. The van der Waals surface area contributed by atoms with Gasteiger partial charge in [0.05, 0.1) is 5.92 Å². The maximum atomic E-state index is 11.0. The number of rotatable bonds is 1. The summed E-state index contributed by atoms with van der Waals surface area (Å²) in [4.78, 5) is 11.0. The van der Waals surface area contributed by atoms with Gasteiger partial charge in [0.15, 0.2) is 0 Å². The van der Waals surface area contributed by atoms with E-state index in [0.717, 1.165) is 12.8 Å². The van der Waals surface area contributed by atoms with Gasteiger partial charge in [0, 0.05) is 0 Å². The zero-order valence-corrected chi connectivity index (χ0v) is 8.59. The summed E-state index contributed by atoms with van der Waals surface area (Å²) in [5.41, 5.74) is 0.175. The molecule has 13 heavy (non-hydrogen) atoms. The smallest absolute Gasteiger partial charge is 0.247 e. The number of hydrogen-bond donors (Lipinski definition) is 0. The Balaban J connectivity index is 2.38. The Kier molecular flexibility index (Phi) is 1.59. The fraction of sp³-hybridized carbons (Fsp3) is 0.909. The fourth-order valence-electron chi connectivity index (χ4n) is 3.56. The van der Waals surface area contributed by atoms with Crippen molar-refractivity contribution < 1.29 is 9.90 Å². The van der Waals surface area contributed by atoms with Crippen LogP contribution >= 0.6 is 0 Å². The van der Waals surface area contributed by atoms with Gasteiger partial charge in [-0.2, -0.15) is 0 Å². The Morgan fingerprint density at radius 2 is 1.92 bits per heavy atom. The molecule has 2 aliphatic carbocycles. The van der Waals surface area contributed by atoms with E-state index in [1.54, 1.807) is 0 Å². The van der Waals surface area contributed by atoms with E-state index in [0.29, 0.717) is 5.92 Å². The first kappa shape index (κ1) is 9.04. The molecule has 2 nitrogen and oxygen atoms in total.